The van der Waals surface area contributed by atoms with Gasteiger partial charge < -0.3 is 19.4 Å². The first-order valence-corrected chi connectivity index (χ1v) is 8.44. The van der Waals surface area contributed by atoms with Gasteiger partial charge in [-0.3, -0.25) is 4.79 Å². The Morgan fingerprint density at radius 3 is 2.55 bits per heavy atom. The third-order valence-corrected chi connectivity index (χ3v) is 6.85. The van der Waals surface area contributed by atoms with Crippen molar-refractivity contribution in [2.75, 3.05) is 0 Å². The minimum Gasteiger partial charge on any atom is -0.481 e. The first-order chi connectivity index (χ1) is 9.19. The number of aldehydes is 1. The Morgan fingerprint density at radius 2 is 2.10 bits per heavy atom. The molecule has 0 aromatic carbocycles. The second kappa shape index (κ2) is 6.82. The van der Waals surface area contributed by atoms with Crippen LogP contribution in [0.5, 0.6) is 0 Å². The molecule has 20 heavy (non-hydrogen) atoms. The van der Waals surface area contributed by atoms with Crippen LogP contribution in [-0.2, 0) is 14.0 Å². The van der Waals surface area contributed by atoms with E-state index < -0.39 is 33.7 Å². The summed E-state index contributed by atoms with van der Waals surface area (Å²) in [5, 5.41) is 18.9. The van der Waals surface area contributed by atoms with Gasteiger partial charge in [0.15, 0.2) is 9.76 Å². The molecule has 1 fully saturated rings. The van der Waals surface area contributed by atoms with Gasteiger partial charge in [0.2, 0.25) is 0 Å². The van der Waals surface area contributed by atoms with Crippen molar-refractivity contribution in [3.63, 3.8) is 0 Å². The van der Waals surface area contributed by atoms with Crippen molar-refractivity contribution in [2.45, 2.75) is 57.8 Å². The zero-order valence-corrected chi connectivity index (χ0v) is 14.1. The Balaban J connectivity index is 2.67. The third kappa shape index (κ3) is 4.13. The second-order valence-electron chi connectivity index (χ2n) is 6.77. The van der Waals surface area contributed by atoms with Crippen LogP contribution in [0.1, 0.15) is 40.5 Å². The van der Waals surface area contributed by atoms with E-state index >= 15 is 0 Å². The molecule has 0 aliphatic heterocycles. The predicted octanol–water partition coefficient (Wildman–Crippen LogP) is 0.980. The normalized spacial score (nSPS) is 31.3. The number of hydrogen-bond donors (Lipinski definition) is 2. The molecule has 4 atom stereocenters. The van der Waals surface area contributed by atoms with Crippen molar-refractivity contribution >= 4 is 22.0 Å². The summed E-state index contributed by atoms with van der Waals surface area (Å²) in [6, 6.07) is 0. The fourth-order valence-corrected chi connectivity index (χ4v) is 3.77. The van der Waals surface area contributed by atoms with Crippen LogP contribution in [0.15, 0.2) is 0 Å². The topological polar surface area (TPSA) is 83.8 Å². The number of aliphatic carboxylic acids is 1. The van der Waals surface area contributed by atoms with Crippen LogP contribution in [0.25, 0.3) is 0 Å². The summed E-state index contributed by atoms with van der Waals surface area (Å²) >= 11 is 0. The SMILES string of the molecule is CC(C)C(C)(C)[SiH2]O[C@H]1C[C@@H](O)[C@@H](CC(=O)O)[C@@H]1C=O. The minimum absolute atomic E-state index is 0.114. The van der Waals surface area contributed by atoms with Gasteiger partial charge in [-0.1, -0.05) is 27.7 Å². The van der Waals surface area contributed by atoms with Crippen LogP contribution >= 0.6 is 0 Å². The number of aliphatic hydroxyl groups excluding tert-OH is 1. The number of aliphatic hydroxyl groups is 1. The lowest BCUT2D eigenvalue weighted by atomic mass is 9.92. The van der Waals surface area contributed by atoms with Gasteiger partial charge in [-0.15, -0.1) is 0 Å². The molecule has 1 saturated carbocycles. The molecule has 0 heterocycles. The summed E-state index contributed by atoms with van der Waals surface area (Å²) in [5.41, 5.74) is 0. The molecule has 1 aliphatic rings. The number of carboxylic acid groups (broad SMARTS) is 1. The highest BCUT2D eigenvalue weighted by atomic mass is 28.2. The number of hydrogen-bond acceptors (Lipinski definition) is 4. The van der Waals surface area contributed by atoms with E-state index in [2.05, 4.69) is 27.7 Å². The first kappa shape index (κ1) is 17.3. The molecule has 0 radical (unpaired) electrons. The summed E-state index contributed by atoms with van der Waals surface area (Å²) in [5.74, 6) is -1.52. The van der Waals surface area contributed by atoms with Crippen molar-refractivity contribution < 1.29 is 24.2 Å². The van der Waals surface area contributed by atoms with E-state index in [-0.39, 0.29) is 17.6 Å². The zero-order chi connectivity index (χ0) is 15.5. The average molecular weight is 302 g/mol. The summed E-state index contributed by atoms with van der Waals surface area (Å²) in [6.07, 6.45) is -0.146. The van der Waals surface area contributed by atoms with Crippen molar-refractivity contribution in [2.24, 2.45) is 17.8 Å². The van der Waals surface area contributed by atoms with Gasteiger partial charge in [0.25, 0.3) is 0 Å². The molecule has 1 rings (SSSR count). The van der Waals surface area contributed by atoms with Gasteiger partial charge in [-0.05, 0) is 17.4 Å². The van der Waals surface area contributed by atoms with Crippen LogP contribution in [0, 0.1) is 17.8 Å². The van der Waals surface area contributed by atoms with Crippen molar-refractivity contribution in [3.8, 4) is 0 Å². The van der Waals surface area contributed by atoms with Crippen molar-refractivity contribution in [1.29, 1.82) is 0 Å². The highest BCUT2D eigenvalue weighted by Crippen LogP contribution is 2.38. The van der Waals surface area contributed by atoms with Crippen LogP contribution in [0.3, 0.4) is 0 Å². The maximum atomic E-state index is 11.2. The van der Waals surface area contributed by atoms with Crippen molar-refractivity contribution in [3.05, 3.63) is 0 Å². The average Bonchev–Trinajstić information content (AvgIpc) is 2.62. The molecule has 0 amide bonds. The van der Waals surface area contributed by atoms with E-state index in [0.717, 1.165) is 6.29 Å². The fraction of sp³-hybridized carbons (Fsp3) is 0.857. The van der Waals surface area contributed by atoms with Crippen LogP contribution < -0.4 is 0 Å². The number of carbonyl (C=O) groups is 2. The molecule has 2 N–H and O–H groups in total. The van der Waals surface area contributed by atoms with Gasteiger partial charge in [-0.25, -0.2) is 0 Å². The molecule has 0 bridgehead atoms. The largest absolute Gasteiger partial charge is 0.481 e. The van der Waals surface area contributed by atoms with Gasteiger partial charge in [0.1, 0.15) is 6.29 Å². The van der Waals surface area contributed by atoms with E-state index in [4.69, 9.17) is 9.53 Å². The molecule has 1 aliphatic carbocycles. The molecule has 0 unspecified atom stereocenters. The lowest BCUT2D eigenvalue weighted by Gasteiger charge is -2.30. The molecule has 116 valence electrons. The lowest BCUT2D eigenvalue weighted by Crippen LogP contribution is -2.31. The molecule has 5 nitrogen and oxygen atoms in total. The van der Waals surface area contributed by atoms with E-state index in [1.54, 1.807) is 0 Å². The molecular formula is C14H26O5Si. The standard InChI is InChI=1S/C14H26O5Si/c1-8(2)14(3,4)20-19-12-6-11(16)9(5-13(17)18)10(12)7-15/h7-12,16H,5-6,20H2,1-4H3,(H,17,18)/t9-,10-,11+,12-/m0/s1. The Kier molecular flexibility index (Phi) is 5.91. The maximum absolute atomic E-state index is 11.2. The Labute approximate surface area is 122 Å². The van der Waals surface area contributed by atoms with Gasteiger partial charge in [0, 0.05) is 11.8 Å². The summed E-state index contributed by atoms with van der Waals surface area (Å²) in [6.45, 7) is 8.59. The van der Waals surface area contributed by atoms with E-state index in [0.29, 0.717) is 12.3 Å². The molecular weight excluding hydrogens is 276 g/mol. The number of rotatable bonds is 7. The van der Waals surface area contributed by atoms with Crippen molar-refractivity contribution in [1.82, 2.24) is 0 Å². The highest BCUT2D eigenvalue weighted by molar-refractivity contribution is 6.32. The highest BCUT2D eigenvalue weighted by Gasteiger charge is 2.44. The van der Waals surface area contributed by atoms with Gasteiger partial charge in [-0.2, -0.15) is 0 Å². The Morgan fingerprint density at radius 1 is 1.50 bits per heavy atom. The quantitative estimate of drug-likeness (QED) is 0.541. The van der Waals surface area contributed by atoms with Gasteiger partial charge >= 0.3 is 5.97 Å². The van der Waals surface area contributed by atoms with Gasteiger partial charge in [0.05, 0.1) is 18.6 Å². The molecule has 0 aromatic heterocycles. The van der Waals surface area contributed by atoms with E-state index in [9.17, 15) is 14.7 Å². The monoisotopic (exact) mass is 302 g/mol. The third-order valence-electron chi connectivity index (χ3n) is 4.69. The zero-order valence-electron chi connectivity index (χ0n) is 12.7. The van der Waals surface area contributed by atoms with Crippen LogP contribution in [0.2, 0.25) is 5.04 Å². The molecule has 0 spiro atoms. The Bertz CT molecular complexity index is 355. The maximum Gasteiger partial charge on any atom is 0.303 e. The molecule has 0 saturated heterocycles. The smallest absolute Gasteiger partial charge is 0.303 e. The second-order valence-corrected chi connectivity index (χ2v) is 9.22. The number of carboxylic acids is 1. The number of carbonyl (C=O) groups excluding carboxylic acids is 1. The predicted molar refractivity (Wildman–Crippen MR) is 78.2 cm³/mol. The lowest BCUT2D eigenvalue weighted by molar-refractivity contribution is -0.139. The van der Waals surface area contributed by atoms with Crippen LogP contribution in [-0.4, -0.2) is 44.4 Å². The summed E-state index contributed by atoms with van der Waals surface area (Å²) < 4.78 is 5.97. The van der Waals surface area contributed by atoms with Crippen LogP contribution in [0.4, 0.5) is 0 Å². The van der Waals surface area contributed by atoms with E-state index in [1.165, 1.54) is 0 Å². The summed E-state index contributed by atoms with van der Waals surface area (Å²) in [7, 11) is -0.869. The molecule has 0 aromatic rings. The summed E-state index contributed by atoms with van der Waals surface area (Å²) in [4.78, 5) is 22.1. The Hall–Kier alpha value is -0.723. The molecule has 6 heteroatoms. The minimum atomic E-state index is -0.985. The fourth-order valence-electron chi connectivity index (χ4n) is 2.43. The first-order valence-electron chi connectivity index (χ1n) is 7.15. The van der Waals surface area contributed by atoms with E-state index in [1.807, 2.05) is 0 Å².